The van der Waals surface area contributed by atoms with Gasteiger partial charge in [0.15, 0.2) is 5.13 Å². The van der Waals surface area contributed by atoms with Crippen molar-refractivity contribution < 1.29 is 17.6 Å². The van der Waals surface area contributed by atoms with Crippen LogP contribution in [0.25, 0.3) is 10.2 Å². The summed E-state index contributed by atoms with van der Waals surface area (Å²) in [6.45, 7) is 3.02. The summed E-state index contributed by atoms with van der Waals surface area (Å²) in [5.41, 5.74) is 0.389. The van der Waals surface area contributed by atoms with E-state index < -0.39 is 10.0 Å². The van der Waals surface area contributed by atoms with Gasteiger partial charge in [0.2, 0.25) is 5.91 Å². The molecule has 1 unspecified atom stereocenters. The van der Waals surface area contributed by atoms with Crippen LogP contribution in [0.1, 0.15) is 12.8 Å². The van der Waals surface area contributed by atoms with Crippen LogP contribution in [-0.2, 0) is 14.8 Å². The van der Waals surface area contributed by atoms with Crippen molar-refractivity contribution in [2.45, 2.75) is 17.1 Å². The number of fused-ring (bicyclic) bond motifs is 1. The number of carbonyl (C=O) groups is 1. The molecule has 0 radical (unpaired) electrons. The van der Waals surface area contributed by atoms with E-state index in [4.69, 9.17) is 0 Å². The molecule has 0 bridgehead atoms. The fourth-order valence-electron chi connectivity index (χ4n) is 4.31. The highest BCUT2D eigenvalue weighted by molar-refractivity contribution is 7.91. The normalized spacial score (nSPS) is 20.7. The van der Waals surface area contributed by atoms with Crippen molar-refractivity contribution in [3.8, 4) is 0 Å². The Labute approximate surface area is 194 Å². The number of hydrogen-bond donors (Lipinski definition) is 0. The number of amides is 1. The standard InChI is InChI=1S/C21H23FN4O3S3/c22-16-5-1-6-17-19(16)23-21(31-17)25-11-9-24(10-12-25)20(27)15-4-2-8-26(14-15)32(28,29)18-7-3-13-30-18/h1,3,5-7,13,15H,2,4,8-12,14H2. The highest BCUT2D eigenvalue weighted by Gasteiger charge is 2.36. The Bertz CT molecular complexity index is 1220. The zero-order valence-electron chi connectivity index (χ0n) is 17.3. The first-order chi connectivity index (χ1) is 15.4. The SMILES string of the molecule is O=C(C1CCCN(S(=O)(=O)c2cccs2)C1)N1CCN(c2nc3c(F)cccc3s2)CC1. The zero-order chi connectivity index (χ0) is 22.3. The molecule has 1 amide bonds. The predicted octanol–water partition coefficient (Wildman–Crippen LogP) is 3.25. The number of hydrogen-bond acceptors (Lipinski definition) is 7. The van der Waals surface area contributed by atoms with Crippen LogP contribution in [0, 0.1) is 11.7 Å². The monoisotopic (exact) mass is 494 g/mol. The fraction of sp³-hybridized carbons (Fsp3) is 0.429. The number of nitrogens with zero attached hydrogens (tertiary/aromatic N) is 4. The summed E-state index contributed by atoms with van der Waals surface area (Å²) in [6, 6.07) is 8.29. The lowest BCUT2D eigenvalue weighted by Gasteiger charge is -2.38. The van der Waals surface area contributed by atoms with Crippen LogP contribution in [0.15, 0.2) is 39.9 Å². The van der Waals surface area contributed by atoms with Gasteiger partial charge in [0.05, 0.1) is 10.6 Å². The van der Waals surface area contributed by atoms with Crippen LogP contribution in [0.2, 0.25) is 0 Å². The van der Waals surface area contributed by atoms with Crippen LogP contribution < -0.4 is 4.90 Å². The van der Waals surface area contributed by atoms with E-state index in [9.17, 15) is 17.6 Å². The smallest absolute Gasteiger partial charge is 0.252 e. The molecule has 32 heavy (non-hydrogen) atoms. The van der Waals surface area contributed by atoms with Gasteiger partial charge in [-0.2, -0.15) is 4.31 Å². The molecule has 11 heteroatoms. The highest BCUT2D eigenvalue weighted by atomic mass is 32.2. The van der Waals surface area contributed by atoms with Crippen molar-refractivity contribution in [2.24, 2.45) is 5.92 Å². The topological polar surface area (TPSA) is 73.8 Å². The first-order valence-electron chi connectivity index (χ1n) is 10.6. The molecule has 1 aromatic carbocycles. The van der Waals surface area contributed by atoms with Gasteiger partial charge in [-0.15, -0.1) is 11.3 Å². The first kappa shape index (κ1) is 21.7. The van der Waals surface area contributed by atoms with E-state index >= 15 is 0 Å². The number of rotatable bonds is 4. The second kappa shape index (κ2) is 8.69. The van der Waals surface area contributed by atoms with Crippen molar-refractivity contribution in [3.05, 3.63) is 41.5 Å². The molecule has 7 nitrogen and oxygen atoms in total. The molecular weight excluding hydrogens is 471 g/mol. The Morgan fingerprint density at radius 3 is 2.62 bits per heavy atom. The Morgan fingerprint density at radius 2 is 1.91 bits per heavy atom. The molecule has 3 aromatic rings. The molecule has 0 saturated carbocycles. The third-order valence-electron chi connectivity index (χ3n) is 6.04. The van der Waals surface area contributed by atoms with Crippen LogP contribution >= 0.6 is 22.7 Å². The average molecular weight is 495 g/mol. The molecule has 170 valence electrons. The molecule has 0 spiro atoms. The van der Waals surface area contributed by atoms with Gasteiger partial charge in [0, 0.05) is 39.3 Å². The van der Waals surface area contributed by atoms with Crippen LogP contribution in [0.3, 0.4) is 0 Å². The van der Waals surface area contributed by atoms with E-state index in [0.29, 0.717) is 55.3 Å². The third-order valence-corrected chi connectivity index (χ3v) is 10.4. The van der Waals surface area contributed by atoms with E-state index in [0.717, 1.165) is 9.83 Å². The maximum absolute atomic E-state index is 14.0. The minimum atomic E-state index is -3.54. The van der Waals surface area contributed by atoms with Gasteiger partial charge in [-0.25, -0.2) is 17.8 Å². The number of para-hydroxylation sites is 1. The highest BCUT2D eigenvalue weighted by Crippen LogP contribution is 2.31. The lowest BCUT2D eigenvalue weighted by molar-refractivity contribution is -0.137. The van der Waals surface area contributed by atoms with Crippen LogP contribution in [0.4, 0.5) is 9.52 Å². The Balaban J connectivity index is 1.22. The Hall–Kier alpha value is -2.08. The molecule has 2 aliphatic rings. The molecule has 2 aliphatic heterocycles. The lowest BCUT2D eigenvalue weighted by atomic mass is 9.98. The number of carbonyl (C=O) groups excluding carboxylic acids is 1. The number of piperazine rings is 1. The number of thiazole rings is 1. The number of sulfonamides is 1. The van der Waals surface area contributed by atoms with Gasteiger partial charge in [0.25, 0.3) is 10.0 Å². The molecule has 2 saturated heterocycles. The molecule has 0 aliphatic carbocycles. The predicted molar refractivity (Wildman–Crippen MR) is 124 cm³/mol. The summed E-state index contributed by atoms with van der Waals surface area (Å²) in [5.74, 6) is -0.620. The number of thiophene rings is 1. The molecular formula is C21H23FN4O3S3. The lowest BCUT2D eigenvalue weighted by Crippen LogP contribution is -2.53. The summed E-state index contributed by atoms with van der Waals surface area (Å²) in [7, 11) is -3.54. The van der Waals surface area contributed by atoms with Crippen LogP contribution in [-0.4, -0.2) is 67.8 Å². The largest absolute Gasteiger partial charge is 0.345 e. The summed E-state index contributed by atoms with van der Waals surface area (Å²) in [4.78, 5) is 21.5. The van der Waals surface area contributed by atoms with Crippen molar-refractivity contribution in [2.75, 3.05) is 44.2 Å². The molecule has 4 heterocycles. The van der Waals surface area contributed by atoms with Crippen molar-refractivity contribution in [3.63, 3.8) is 0 Å². The molecule has 2 aromatic heterocycles. The van der Waals surface area contributed by atoms with E-state index in [2.05, 4.69) is 9.88 Å². The maximum Gasteiger partial charge on any atom is 0.252 e. The number of halogens is 1. The first-order valence-corrected chi connectivity index (χ1v) is 13.7. The Kier molecular flexibility index (Phi) is 5.91. The quantitative estimate of drug-likeness (QED) is 0.557. The summed E-state index contributed by atoms with van der Waals surface area (Å²) < 4.78 is 42.3. The number of anilines is 1. The minimum Gasteiger partial charge on any atom is -0.345 e. The average Bonchev–Trinajstić information content (AvgIpc) is 3.50. The van der Waals surface area contributed by atoms with Gasteiger partial charge >= 0.3 is 0 Å². The second-order valence-corrected chi connectivity index (χ2v) is 12.2. The van der Waals surface area contributed by atoms with Crippen molar-refractivity contribution in [1.82, 2.24) is 14.2 Å². The zero-order valence-corrected chi connectivity index (χ0v) is 19.8. The fourth-order valence-corrected chi connectivity index (χ4v) is 8.01. The van der Waals surface area contributed by atoms with Gasteiger partial charge < -0.3 is 9.80 Å². The molecule has 2 fully saturated rings. The van der Waals surface area contributed by atoms with Gasteiger partial charge in [-0.05, 0) is 36.4 Å². The number of piperidine rings is 1. The number of aromatic nitrogens is 1. The molecule has 1 atom stereocenters. The van der Waals surface area contributed by atoms with Crippen molar-refractivity contribution >= 4 is 54.0 Å². The van der Waals surface area contributed by atoms with E-state index in [1.807, 2.05) is 11.0 Å². The summed E-state index contributed by atoms with van der Waals surface area (Å²) in [5, 5.41) is 2.52. The molecule has 0 N–H and O–H groups in total. The van der Waals surface area contributed by atoms with Crippen molar-refractivity contribution in [1.29, 1.82) is 0 Å². The van der Waals surface area contributed by atoms with Gasteiger partial charge in [-0.3, -0.25) is 4.79 Å². The minimum absolute atomic E-state index is 0.0195. The van der Waals surface area contributed by atoms with E-state index in [-0.39, 0.29) is 24.2 Å². The van der Waals surface area contributed by atoms with Gasteiger partial charge in [-0.1, -0.05) is 23.5 Å². The Morgan fingerprint density at radius 1 is 1.09 bits per heavy atom. The second-order valence-electron chi connectivity index (χ2n) is 8.03. The van der Waals surface area contributed by atoms with E-state index in [1.54, 1.807) is 23.6 Å². The summed E-state index contributed by atoms with van der Waals surface area (Å²) >= 11 is 2.66. The summed E-state index contributed by atoms with van der Waals surface area (Å²) in [6.07, 6.45) is 1.38. The molecule has 5 rings (SSSR count). The van der Waals surface area contributed by atoms with Crippen LogP contribution in [0.5, 0.6) is 0 Å². The van der Waals surface area contributed by atoms with E-state index in [1.165, 1.54) is 33.0 Å². The number of benzene rings is 1. The van der Waals surface area contributed by atoms with Gasteiger partial charge in [0.1, 0.15) is 15.5 Å². The maximum atomic E-state index is 14.0. The third kappa shape index (κ3) is 4.02.